The molecule has 0 aliphatic heterocycles. The van der Waals surface area contributed by atoms with Crippen LogP contribution >= 0.6 is 0 Å². The second kappa shape index (κ2) is 8.88. The Kier molecular flexibility index (Phi) is 11.6. The normalized spacial score (nSPS) is 10.0. The molecule has 0 saturated carbocycles. The molecule has 0 atom stereocenters. The van der Waals surface area contributed by atoms with Gasteiger partial charge in [-0.1, -0.05) is 0 Å². The van der Waals surface area contributed by atoms with E-state index in [-0.39, 0.29) is 0 Å². The van der Waals surface area contributed by atoms with E-state index in [0.717, 1.165) is 0 Å². The molecule has 0 heterocycles. The minimum atomic E-state index is -0.543. The van der Waals surface area contributed by atoms with Crippen molar-refractivity contribution in [1.29, 1.82) is 0 Å². The molecule has 0 fully saturated rings. The van der Waals surface area contributed by atoms with E-state index in [4.69, 9.17) is 0 Å². The summed E-state index contributed by atoms with van der Waals surface area (Å²) in [5.74, 6) is 0. The molecule has 2 nitrogen and oxygen atoms in total. The molecule has 2 radical (unpaired) electrons. The number of rotatable bonds is 2. The summed E-state index contributed by atoms with van der Waals surface area (Å²) < 4.78 is 0. The zero-order chi connectivity index (χ0) is 9.44. The molecular formula is C7H21BN2Sn. The van der Waals surface area contributed by atoms with E-state index in [0.29, 0.717) is 0 Å². The van der Waals surface area contributed by atoms with Gasteiger partial charge in [-0.05, 0) is 28.2 Å². The first-order chi connectivity index (χ1) is 4.86. The molecule has 0 aromatic heterocycles. The predicted molar refractivity (Wildman–Crippen MR) is 56.5 cm³/mol. The molecule has 0 N–H and O–H groups in total. The quantitative estimate of drug-likeness (QED) is 0.686. The molecule has 0 amide bonds. The fourth-order valence-electron chi connectivity index (χ4n) is 0.462. The van der Waals surface area contributed by atoms with Crippen molar-refractivity contribution in [2.45, 2.75) is 14.8 Å². The van der Waals surface area contributed by atoms with E-state index in [1.54, 1.807) is 0 Å². The summed E-state index contributed by atoms with van der Waals surface area (Å²) in [4.78, 5) is 11.1. The van der Waals surface area contributed by atoms with Crippen molar-refractivity contribution < 1.29 is 0 Å². The van der Waals surface area contributed by atoms with Crippen LogP contribution in [0.15, 0.2) is 0 Å². The van der Waals surface area contributed by atoms with Crippen molar-refractivity contribution in [3.63, 3.8) is 0 Å². The number of hydrogen-bond donors (Lipinski definition) is 0. The minimum absolute atomic E-state index is 0.543. The summed E-state index contributed by atoms with van der Waals surface area (Å²) in [6, 6.07) is 0. The van der Waals surface area contributed by atoms with Gasteiger partial charge in [-0.25, -0.2) is 0 Å². The van der Waals surface area contributed by atoms with Crippen molar-refractivity contribution in [3.05, 3.63) is 0 Å². The Labute approximate surface area is 80.0 Å². The Balaban J connectivity index is 0. The first-order valence-electron chi connectivity index (χ1n) is 3.81. The molecule has 4 heteroatoms. The van der Waals surface area contributed by atoms with Crippen LogP contribution < -0.4 is 0 Å². The predicted octanol–water partition coefficient (Wildman–Crippen LogP) is 1.01. The van der Waals surface area contributed by atoms with Crippen LogP contribution in [0.2, 0.25) is 14.8 Å². The van der Waals surface area contributed by atoms with Gasteiger partial charge in [0.1, 0.15) is 0 Å². The Morgan fingerprint density at radius 2 is 1.00 bits per heavy atom. The molecule has 0 rings (SSSR count). The average Bonchev–Trinajstić information content (AvgIpc) is 1.56. The molecule has 11 heavy (non-hydrogen) atoms. The average molecular weight is 263 g/mol. The molecule has 0 aliphatic carbocycles. The summed E-state index contributed by atoms with van der Waals surface area (Å²) >= 11 is -0.543. The van der Waals surface area contributed by atoms with Crippen LogP contribution in [0.5, 0.6) is 0 Å². The van der Waals surface area contributed by atoms with Crippen molar-refractivity contribution in [1.82, 2.24) is 9.62 Å². The van der Waals surface area contributed by atoms with E-state index in [2.05, 4.69) is 14.8 Å². The molecule has 0 spiro atoms. The summed E-state index contributed by atoms with van der Waals surface area (Å²) in [5, 5.41) is 0. The van der Waals surface area contributed by atoms with Crippen LogP contribution in [0, 0.1) is 0 Å². The Morgan fingerprint density at radius 3 is 1.00 bits per heavy atom. The summed E-state index contributed by atoms with van der Waals surface area (Å²) in [5.41, 5.74) is 0. The first kappa shape index (κ1) is 14.3. The Hall–Kier alpha value is 0.784. The van der Waals surface area contributed by atoms with Crippen LogP contribution in [0.1, 0.15) is 0 Å². The molecule has 66 valence electrons. The van der Waals surface area contributed by atoms with Crippen molar-refractivity contribution >= 4 is 27.3 Å². The zero-order valence-electron chi connectivity index (χ0n) is 8.97. The SMILES string of the molecule is CN(C)[B]N(C)C.[CH3][Sn]([CH3])[CH3]. The summed E-state index contributed by atoms with van der Waals surface area (Å²) in [6.07, 6.45) is 0. The van der Waals surface area contributed by atoms with Gasteiger partial charge in [0.05, 0.1) is 0 Å². The van der Waals surface area contributed by atoms with Gasteiger partial charge in [0, 0.05) is 0 Å². The molecule has 0 unspecified atom stereocenters. The van der Waals surface area contributed by atoms with E-state index in [1.807, 2.05) is 45.4 Å². The van der Waals surface area contributed by atoms with Gasteiger partial charge >= 0.3 is 42.1 Å². The maximum absolute atomic E-state index is 2.36. The molecule has 0 aliphatic rings. The van der Waals surface area contributed by atoms with Crippen molar-refractivity contribution in [3.8, 4) is 0 Å². The molecule has 0 aromatic carbocycles. The topological polar surface area (TPSA) is 6.48 Å². The Bertz CT molecular complexity index is 68.1. The van der Waals surface area contributed by atoms with Gasteiger partial charge < -0.3 is 9.62 Å². The maximum atomic E-state index is 2.36. The second-order valence-corrected chi connectivity index (χ2v) is 12.1. The van der Waals surface area contributed by atoms with Crippen LogP contribution in [0.25, 0.3) is 0 Å². The summed E-state index contributed by atoms with van der Waals surface area (Å²) in [6.45, 7) is 0. The molecular weight excluding hydrogens is 242 g/mol. The van der Waals surface area contributed by atoms with Gasteiger partial charge in [0.25, 0.3) is 0 Å². The van der Waals surface area contributed by atoms with E-state index in [1.165, 1.54) is 0 Å². The fraction of sp³-hybridized carbons (Fsp3) is 1.00. The standard InChI is InChI=1S/C4H12BN2.3CH3.Sn/c1-6(2)5-7(3)4;;;;/h1-4H3;3*1H3;. The third-order valence-electron chi connectivity index (χ3n) is 0.462. The fourth-order valence-corrected chi connectivity index (χ4v) is 0.462. The van der Waals surface area contributed by atoms with Gasteiger partial charge in [0.15, 0.2) is 0 Å². The van der Waals surface area contributed by atoms with Gasteiger partial charge in [0.2, 0.25) is 0 Å². The second-order valence-electron chi connectivity index (χ2n) is 3.54. The number of hydrogen-bond acceptors (Lipinski definition) is 2. The van der Waals surface area contributed by atoms with E-state index >= 15 is 0 Å². The monoisotopic (exact) mass is 264 g/mol. The van der Waals surface area contributed by atoms with Gasteiger partial charge in [-0.3, -0.25) is 0 Å². The third kappa shape index (κ3) is 36.4. The van der Waals surface area contributed by atoms with Crippen molar-refractivity contribution in [2.75, 3.05) is 28.2 Å². The molecule has 0 aromatic rings. The zero-order valence-corrected chi connectivity index (χ0v) is 11.8. The Morgan fingerprint density at radius 1 is 0.818 bits per heavy atom. The van der Waals surface area contributed by atoms with Crippen LogP contribution in [0.4, 0.5) is 0 Å². The first-order valence-corrected chi connectivity index (χ1v) is 12.4. The van der Waals surface area contributed by atoms with Gasteiger partial charge in [-0.2, -0.15) is 0 Å². The van der Waals surface area contributed by atoms with E-state index < -0.39 is 19.8 Å². The van der Waals surface area contributed by atoms with Crippen LogP contribution in [-0.4, -0.2) is 65.1 Å². The van der Waals surface area contributed by atoms with E-state index in [9.17, 15) is 0 Å². The van der Waals surface area contributed by atoms with Crippen molar-refractivity contribution in [2.24, 2.45) is 0 Å². The summed E-state index contributed by atoms with van der Waals surface area (Å²) in [7, 11) is 10.0. The van der Waals surface area contributed by atoms with Crippen LogP contribution in [-0.2, 0) is 0 Å². The molecule has 0 bridgehead atoms. The molecule has 0 saturated heterocycles. The number of nitrogens with zero attached hydrogens (tertiary/aromatic N) is 2. The van der Waals surface area contributed by atoms with Crippen LogP contribution in [0.3, 0.4) is 0 Å². The third-order valence-corrected chi connectivity index (χ3v) is 0.462. The van der Waals surface area contributed by atoms with Gasteiger partial charge in [-0.15, -0.1) is 0 Å².